The number of likely N-dealkylation sites (tertiary alicyclic amines) is 1. The molecule has 0 spiro atoms. The third-order valence-electron chi connectivity index (χ3n) is 4.67. The molecule has 1 saturated heterocycles. The van der Waals surface area contributed by atoms with Crippen LogP contribution in [0.2, 0.25) is 0 Å². The van der Waals surface area contributed by atoms with Crippen molar-refractivity contribution >= 4 is 11.5 Å². The summed E-state index contributed by atoms with van der Waals surface area (Å²) in [6.07, 6.45) is 5.32. The Bertz CT molecular complexity index is 800. The Morgan fingerprint density at radius 3 is 3.04 bits per heavy atom. The van der Waals surface area contributed by atoms with Crippen LogP contribution >= 0.6 is 0 Å². The third kappa shape index (κ3) is 4.11. The Morgan fingerprint density at radius 1 is 1.46 bits per heavy atom. The van der Waals surface area contributed by atoms with Gasteiger partial charge in [0.15, 0.2) is 0 Å². The number of allylic oxidation sites excluding steroid dienone is 1. The smallest absolute Gasteiger partial charge is 0.247 e. The van der Waals surface area contributed by atoms with Crippen molar-refractivity contribution in [3.63, 3.8) is 0 Å². The van der Waals surface area contributed by atoms with E-state index >= 15 is 0 Å². The van der Waals surface area contributed by atoms with Crippen molar-refractivity contribution in [2.45, 2.75) is 39.0 Å². The van der Waals surface area contributed by atoms with E-state index in [1.807, 2.05) is 36.1 Å². The summed E-state index contributed by atoms with van der Waals surface area (Å²) in [6, 6.07) is 7.78. The number of rotatable bonds is 6. The normalized spacial score (nSPS) is 17.6. The number of amides is 1. The highest BCUT2D eigenvalue weighted by atomic mass is 16.5. The van der Waals surface area contributed by atoms with Gasteiger partial charge < -0.3 is 14.7 Å². The van der Waals surface area contributed by atoms with Gasteiger partial charge in [0, 0.05) is 12.6 Å². The molecule has 0 saturated carbocycles. The van der Waals surface area contributed by atoms with E-state index in [-0.39, 0.29) is 18.6 Å². The zero-order valence-electron chi connectivity index (χ0n) is 15.1. The van der Waals surface area contributed by atoms with Crippen molar-refractivity contribution in [3.05, 3.63) is 47.8 Å². The van der Waals surface area contributed by atoms with Crippen LogP contribution in [0, 0.1) is 0 Å². The Kier molecular flexibility index (Phi) is 5.68. The summed E-state index contributed by atoms with van der Waals surface area (Å²) in [7, 11) is 1.63. The van der Waals surface area contributed by atoms with E-state index in [0.29, 0.717) is 12.2 Å². The maximum absolute atomic E-state index is 12.8. The van der Waals surface area contributed by atoms with E-state index in [0.717, 1.165) is 36.3 Å². The molecule has 1 aliphatic rings. The highest BCUT2D eigenvalue weighted by molar-refractivity contribution is 5.95. The largest absolute Gasteiger partial charge is 0.497 e. The van der Waals surface area contributed by atoms with Crippen molar-refractivity contribution in [3.8, 4) is 5.75 Å². The van der Waals surface area contributed by atoms with Crippen molar-refractivity contribution in [1.29, 1.82) is 0 Å². The second-order valence-electron chi connectivity index (χ2n) is 6.48. The van der Waals surface area contributed by atoms with E-state index in [1.165, 1.54) is 0 Å². The van der Waals surface area contributed by atoms with Gasteiger partial charge in [-0.2, -0.15) is 0 Å². The predicted molar refractivity (Wildman–Crippen MR) is 97.3 cm³/mol. The first-order chi connectivity index (χ1) is 12.6. The number of benzene rings is 1. The summed E-state index contributed by atoms with van der Waals surface area (Å²) in [5.41, 5.74) is 2.41. The van der Waals surface area contributed by atoms with Gasteiger partial charge >= 0.3 is 0 Å². The minimum Gasteiger partial charge on any atom is -0.497 e. The van der Waals surface area contributed by atoms with Crippen LogP contribution in [-0.2, 0) is 17.9 Å². The fourth-order valence-corrected chi connectivity index (χ4v) is 3.25. The van der Waals surface area contributed by atoms with Crippen LogP contribution in [-0.4, -0.2) is 50.6 Å². The Balaban J connectivity index is 1.70. The van der Waals surface area contributed by atoms with E-state index in [4.69, 9.17) is 9.84 Å². The number of hydrogen-bond acceptors (Lipinski definition) is 5. The number of carbonyl (C=O) groups is 1. The summed E-state index contributed by atoms with van der Waals surface area (Å²) in [4.78, 5) is 14.7. The Labute approximate surface area is 152 Å². The second-order valence-corrected chi connectivity index (χ2v) is 6.48. The number of ether oxygens (including phenoxy) is 1. The molecule has 3 rings (SSSR count). The standard InChI is InChI=1S/C19H24N4O3/c1-14(15-5-3-7-18(10-15)26-2)9-19(25)23-8-4-6-17(23)12-22-11-16(13-24)20-21-22/h3,5,7,9-11,17,24H,4,6,8,12-13H2,1-2H3/t17-/m0/s1. The SMILES string of the molecule is COc1cccc(C(C)=CC(=O)N2CCC[C@H]2Cn2cc(CO)nn2)c1. The first kappa shape index (κ1) is 18.1. The molecule has 2 aromatic rings. The van der Waals surface area contributed by atoms with Crippen LogP contribution in [0.25, 0.3) is 5.57 Å². The lowest BCUT2D eigenvalue weighted by Crippen LogP contribution is -2.37. The summed E-state index contributed by atoms with van der Waals surface area (Å²) < 4.78 is 6.94. The lowest BCUT2D eigenvalue weighted by molar-refractivity contribution is -0.127. The molecule has 26 heavy (non-hydrogen) atoms. The fraction of sp³-hybridized carbons (Fsp3) is 0.421. The van der Waals surface area contributed by atoms with E-state index in [2.05, 4.69) is 10.3 Å². The van der Waals surface area contributed by atoms with E-state index in [9.17, 15) is 4.79 Å². The Morgan fingerprint density at radius 2 is 2.31 bits per heavy atom. The highest BCUT2D eigenvalue weighted by Crippen LogP contribution is 2.23. The Hall–Kier alpha value is -2.67. The molecular weight excluding hydrogens is 332 g/mol. The maximum atomic E-state index is 12.8. The average Bonchev–Trinajstić information content (AvgIpc) is 3.31. The van der Waals surface area contributed by atoms with Crippen LogP contribution in [0.3, 0.4) is 0 Å². The topological polar surface area (TPSA) is 80.5 Å². The number of aliphatic hydroxyl groups is 1. The van der Waals surface area contributed by atoms with Gasteiger partial charge in [0.25, 0.3) is 0 Å². The molecule has 0 bridgehead atoms. The van der Waals surface area contributed by atoms with Gasteiger partial charge in [0.05, 0.1) is 32.5 Å². The molecule has 1 N–H and O–H groups in total. The van der Waals surface area contributed by atoms with Crippen molar-refractivity contribution < 1.29 is 14.6 Å². The minimum absolute atomic E-state index is 0.00955. The minimum atomic E-state index is -0.129. The molecule has 7 heteroatoms. The molecule has 7 nitrogen and oxygen atoms in total. The molecule has 1 fully saturated rings. The zero-order valence-corrected chi connectivity index (χ0v) is 15.1. The number of methoxy groups -OCH3 is 1. The van der Waals surface area contributed by atoms with Gasteiger partial charge in [-0.1, -0.05) is 17.3 Å². The number of aliphatic hydroxyl groups excluding tert-OH is 1. The molecule has 138 valence electrons. The van der Waals surface area contributed by atoms with Crippen LogP contribution in [0.4, 0.5) is 0 Å². The molecule has 2 heterocycles. The summed E-state index contributed by atoms with van der Waals surface area (Å²) in [6.45, 7) is 3.14. The molecule has 0 radical (unpaired) electrons. The molecule has 1 aromatic carbocycles. The van der Waals surface area contributed by atoms with E-state index < -0.39 is 0 Å². The van der Waals surface area contributed by atoms with E-state index in [1.54, 1.807) is 24.1 Å². The molecule has 1 aliphatic heterocycles. The number of aromatic nitrogens is 3. The predicted octanol–water partition coefficient (Wildman–Crippen LogP) is 1.87. The number of nitrogens with zero attached hydrogens (tertiary/aromatic N) is 4. The molecule has 1 atom stereocenters. The van der Waals surface area contributed by atoms with Gasteiger partial charge in [0.2, 0.25) is 5.91 Å². The lowest BCUT2D eigenvalue weighted by atomic mass is 10.1. The summed E-state index contributed by atoms with van der Waals surface area (Å²) in [5, 5.41) is 17.0. The molecule has 1 amide bonds. The van der Waals surface area contributed by atoms with Gasteiger partial charge in [-0.25, -0.2) is 0 Å². The second kappa shape index (κ2) is 8.14. The van der Waals surface area contributed by atoms with Crippen LogP contribution in [0.1, 0.15) is 31.0 Å². The van der Waals surface area contributed by atoms with Crippen LogP contribution < -0.4 is 4.74 Å². The van der Waals surface area contributed by atoms with Crippen molar-refractivity contribution in [2.24, 2.45) is 0 Å². The molecule has 1 aromatic heterocycles. The molecule has 0 unspecified atom stereocenters. The van der Waals surface area contributed by atoms with Gasteiger partial charge in [-0.15, -0.1) is 5.10 Å². The maximum Gasteiger partial charge on any atom is 0.247 e. The molecular formula is C19H24N4O3. The zero-order chi connectivity index (χ0) is 18.5. The highest BCUT2D eigenvalue weighted by Gasteiger charge is 2.28. The number of carbonyl (C=O) groups excluding carboxylic acids is 1. The van der Waals surface area contributed by atoms with Crippen LogP contribution in [0.15, 0.2) is 36.5 Å². The van der Waals surface area contributed by atoms with Crippen LogP contribution in [0.5, 0.6) is 5.75 Å². The third-order valence-corrected chi connectivity index (χ3v) is 4.67. The first-order valence-corrected chi connectivity index (χ1v) is 8.74. The van der Waals surface area contributed by atoms with Crippen molar-refractivity contribution in [1.82, 2.24) is 19.9 Å². The van der Waals surface area contributed by atoms with Crippen molar-refractivity contribution in [2.75, 3.05) is 13.7 Å². The summed E-state index contributed by atoms with van der Waals surface area (Å²) >= 11 is 0. The first-order valence-electron chi connectivity index (χ1n) is 8.74. The average molecular weight is 356 g/mol. The summed E-state index contributed by atoms with van der Waals surface area (Å²) in [5.74, 6) is 0.780. The molecule has 0 aliphatic carbocycles. The van der Waals surface area contributed by atoms with Gasteiger partial charge in [0.1, 0.15) is 11.4 Å². The quantitative estimate of drug-likeness (QED) is 0.799. The van der Waals surface area contributed by atoms with Gasteiger partial charge in [-0.05, 0) is 43.0 Å². The fourth-order valence-electron chi connectivity index (χ4n) is 3.25. The monoisotopic (exact) mass is 356 g/mol. The number of hydrogen-bond donors (Lipinski definition) is 1. The lowest BCUT2D eigenvalue weighted by Gasteiger charge is -2.23. The van der Waals surface area contributed by atoms with Gasteiger partial charge in [-0.3, -0.25) is 9.48 Å².